The molecule has 4 rings (SSSR count). The van der Waals surface area contributed by atoms with Crippen molar-refractivity contribution in [2.24, 2.45) is 0 Å². The number of nitrogens with one attached hydrogen (secondary N) is 4. The number of fused-ring (bicyclic) bond motifs is 3. The summed E-state index contributed by atoms with van der Waals surface area (Å²) in [6.45, 7) is 1.72. The van der Waals surface area contributed by atoms with Crippen molar-refractivity contribution in [1.29, 1.82) is 0 Å². The summed E-state index contributed by atoms with van der Waals surface area (Å²) in [7, 11) is 1.26. The highest BCUT2D eigenvalue weighted by atomic mass is 35.5. The predicted octanol–water partition coefficient (Wildman–Crippen LogP) is 5.70. The first-order valence-electron chi connectivity index (χ1n) is 12.7. The summed E-state index contributed by atoms with van der Waals surface area (Å²) in [5.41, 5.74) is 1.94. The van der Waals surface area contributed by atoms with Gasteiger partial charge in [0.25, 0.3) is 5.91 Å². The molecule has 3 amide bonds. The average molecular weight is 560 g/mol. The molecule has 2 aromatic carbocycles. The number of benzene rings is 2. The van der Waals surface area contributed by atoms with Gasteiger partial charge in [0.2, 0.25) is 5.91 Å². The minimum absolute atomic E-state index is 0.168. The predicted molar refractivity (Wildman–Crippen MR) is 155 cm³/mol. The molecule has 0 radical (unpaired) electrons. The second-order valence-electron chi connectivity index (χ2n) is 9.09. The van der Waals surface area contributed by atoms with Gasteiger partial charge in [-0.05, 0) is 54.8 Å². The quantitative estimate of drug-likeness (QED) is 0.306. The number of halogens is 1. The van der Waals surface area contributed by atoms with Crippen LogP contribution in [0.4, 0.5) is 4.79 Å². The zero-order valence-electron chi connectivity index (χ0n) is 22.2. The number of imidazole rings is 1. The molecule has 1 atom stereocenters. The van der Waals surface area contributed by atoms with Crippen molar-refractivity contribution in [2.75, 3.05) is 7.11 Å². The van der Waals surface area contributed by atoms with Crippen molar-refractivity contribution < 1.29 is 19.1 Å². The van der Waals surface area contributed by atoms with E-state index >= 15 is 0 Å². The number of amides is 3. The number of carbonyl (C=O) groups is 3. The largest absolute Gasteiger partial charge is 0.453 e. The van der Waals surface area contributed by atoms with Gasteiger partial charge in [0, 0.05) is 23.4 Å². The van der Waals surface area contributed by atoms with E-state index in [2.05, 4.69) is 25.9 Å². The standard InChI is InChI=1S/C30H30ClN5O4/c1-19-18-21(33-30(39)40-2)12-9-16-24-27(31)36-28(34-24)25(15-4-3-5-17-26(37)32-19)35-29(38)23-14-8-11-20-10-6-7-13-22(20)23/h3-4,6-14,16,18,25H,5,15,17H2,1-2H3,(H,32,37)(H,33,39)(H,34,36)(H,35,38)/b4-3+,16-9+,19-18?,21-12?/t25-/m0/s1. The summed E-state index contributed by atoms with van der Waals surface area (Å²) in [4.78, 5) is 45.3. The Balaban J connectivity index is 1.66. The lowest BCUT2D eigenvalue weighted by Gasteiger charge is -2.16. The molecular formula is C30H30ClN5O4. The van der Waals surface area contributed by atoms with Gasteiger partial charge >= 0.3 is 6.09 Å². The number of methoxy groups -OCH3 is 1. The molecule has 9 nitrogen and oxygen atoms in total. The summed E-state index contributed by atoms with van der Waals surface area (Å²) in [6.07, 6.45) is 10.9. The first-order valence-corrected chi connectivity index (χ1v) is 13.1. The fourth-order valence-corrected chi connectivity index (χ4v) is 4.41. The molecule has 2 heterocycles. The van der Waals surface area contributed by atoms with Gasteiger partial charge in [0.15, 0.2) is 0 Å². The summed E-state index contributed by atoms with van der Waals surface area (Å²) in [6, 6.07) is 12.8. The molecule has 4 N–H and O–H groups in total. The lowest BCUT2D eigenvalue weighted by Crippen LogP contribution is -2.29. The Bertz CT molecular complexity index is 1530. The van der Waals surface area contributed by atoms with Gasteiger partial charge in [0.05, 0.1) is 13.2 Å². The topological polar surface area (TPSA) is 125 Å². The van der Waals surface area contributed by atoms with Gasteiger partial charge in [-0.2, -0.15) is 0 Å². The SMILES string of the molecule is COC(=O)NC1=C/C=C/c2nc([nH]c2Cl)[C@@H](NC(=O)c2cccc3ccccc23)C/C=C/CCC(=O)NC(C)=C1. The summed E-state index contributed by atoms with van der Waals surface area (Å²) in [5, 5.41) is 10.6. The maximum atomic E-state index is 13.4. The normalized spacial score (nSPS) is 18.0. The number of hydrogen-bond donors (Lipinski definition) is 4. The zero-order valence-corrected chi connectivity index (χ0v) is 22.9. The second kappa shape index (κ2) is 13.4. The Labute approximate surface area is 237 Å². The van der Waals surface area contributed by atoms with Gasteiger partial charge in [-0.1, -0.05) is 66.2 Å². The van der Waals surface area contributed by atoms with Gasteiger partial charge in [0.1, 0.15) is 16.7 Å². The van der Waals surface area contributed by atoms with E-state index in [1.807, 2.05) is 48.6 Å². The number of alkyl carbamates (subject to hydrolysis) is 1. The van der Waals surface area contributed by atoms with E-state index in [9.17, 15) is 14.4 Å². The maximum Gasteiger partial charge on any atom is 0.411 e. The number of aromatic amines is 1. The minimum Gasteiger partial charge on any atom is -0.453 e. The van der Waals surface area contributed by atoms with Crippen molar-refractivity contribution in [3.8, 4) is 0 Å². The Kier molecular flexibility index (Phi) is 9.53. The second-order valence-corrected chi connectivity index (χ2v) is 9.47. The van der Waals surface area contributed by atoms with Gasteiger partial charge in [-0.3, -0.25) is 14.9 Å². The third kappa shape index (κ3) is 7.48. The molecule has 206 valence electrons. The number of allylic oxidation sites excluding steroid dienone is 5. The van der Waals surface area contributed by atoms with Crippen LogP contribution in [-0.4, -0.2) is 35.0 Å². The number of nitrogens with zero attached hydrogens (tertiary/aromatic N) is 1. The molecule has 0 saturated heterocycles. The molecule has 40 heavy (non-hydrogen) atoms. The smallest absolute Gasteiger partial charge is 0.411 e. The Morgan fingerprint density at radius 1 is 1.12 bits per heavy atom. The van der Waals surface area contributed by atoms with Gasteiger partial charge in [-0.25, -0.2) is 9.78 Å². The molecule has 0 saturated carbocycles. The summed E-state index contributed by atoms with van der Waals surface area (Å²) in [5.74, 6) is 0.0733. The molecule has 0 spiro atoms. The molecule has 0 unspecified atom stereocenters. The van der Waals surface area contributed by atoms with Crippen LogP contribution in [0.5, 0.6) is 0 Å². The van der Waals surface area contributed by atoms with Crippen molar-refractivity contribution in [2.45, 2.75) is 32.2 Å². The fourth-order valence-electron chi connectivity index (χ4n) is 4.21. The molecule has 10 heteroatoms. The van der Waals surface area contributed by atoms with E-state index < -0.39 is 12.1 Å². The van der Waals surface area contributed by atoms with Crippen LogP contribution >= 0.6 is 11.6 Å². The van der Waals surface area contributed by atoms with E-state index in [-0.39, 0.29) is 18.2 Å². The highest BCUT2D eigenvalue weighted by molar-refractivity contribution is 6.30. The van der Waals surface area contributed by atoms with Crippen molar-refractivity contribution >= 4 is 46.4 Å². The third-order valence-electron chi connectivity index (χ3n) is 6.12. The zero-order chi connectivity index (χ0) is 28.5. The number of rotatable bonds is 3. The Morgan fingerprint density at radius 3 is 2.75 bits per heavy atom. The number of H-pyrrole nitrogens is 1. The fraction of sp³-hybridized carbons (Fsp3) is 0.200. The van der Waals surface area contributed by atoms with Gasteiger partial charge < -0.3 is 20.4 Å². The van der Waals surface area contributed by atoms with E-state index in [1.54, 1.807) is 37.3 Å². The van der Waals surface area contributed by atoms with Crippen molar-refractivity contribution in [3.63, 3.8) is 0 Å². The lowest BCUT2D eigenvalue weighted by molar-refractivity contribution is -0.120. The first kappa shape index (κ1) is 28.4. The molecule has 2 bridgehead atoms. The maximum absolute atomic E-state index is 13.4. The summed E-state index contributed by atoms with van der Waals surface area (Å²) >= 11 is 6.47. The van der Waals surface area contributed by atoms with Crippen LogP contribution in [0.2, 0.25) is 5.15 Å². The number of ether oxygens (including phenoxy) is 1. The molecule has 1 aliphatic rings. The van der Waals surface area contributed by atoms with Crippen molar-refractivity contribution in [3.05, 3.63) is 106 Å². The molecule has 0 fully saturated rings. The lowest BCUT2D eigenvalue weighted by atomic mass is 10.0. The summed E-state index contributed by atoms with van der Waals surface area (Å²) < 4.78 is 4.69. The molecular weight excluding hydrogens is 530 g/mol. The minimum atomic E-state index is -0.657. The van der Waals surface area contributed by atoms with E-state index in [0.717, 1.165) is 10.8 Å². The highest BCUT2D eigenvalue weighted by Gasteiger charge is 2.20. The van der Waals surface area contributed by atoms with Crippen LogP contribution < -0.4 is 16.0 Å². The molecule has 3 aromatic rings. The molecule has 1 aromatic heterocycles. The van der Waals surface area contributed by atoms with Crippen LogP contribution in [0.15, 0.2) is 84.2 Å². The third-order valence-corrected chi connectivity index (χ3v) is 6.41. The van der Waals surface area contributed by atoms with Crippen LogP contribution in [-0.2, 0) is 9.53 Å². The molecule has 1 aliphatic heterocycles. The van der Waals surface area contributed by atoms with Crippen LogP contribution in [0.3, 0.4) is 0 Å². The molecule has 0 aliphatic carbocycles. The van der Waals surface area contributed by atoms with Crippen molar-refractivity contribution in [1.82, 2.24) is 25.9 Å². The van der Waals surface area contributed by atoms with Crippen LogP contribution in [0.1, 0.15) is 54.1 Å². The van der Waals surface area contributed by atoms with Gasteiger partial charge in [-0.15, -0.1) is 0 Å². The average Bonchev–Trinajstić information content (AvgIpc) is 3.31. The van der Waals surface area contributed by atoms with E-state index in [1.165, 1.54) is 7.11 Å². The highest BCUT2D eigenvalue weighted by Crippen LogP contribution is 2.24. The number of aromatic nitrogens is 2. The Hall–Kier alpha value is -4.63. The number of carbonyl (C=O) groups excluding carboxylic acids is 3. The monoisotopic (exact) mass is 559 g/mol. The van der Waals surface area contributed by atoms with E-state index in [0.29, 0.717) is 46.5 Å². The van der Waals surface area contributed by atoms with Crippen LogP contribution in [0, 0.1) is 0 Å². The van der Waals surface area contributed by atoms with E-state index in [4.69, 9.17) is 16.3 Å². The number of hydrogen-bond acceptors (Lipinski definition) is 5. The Morgan fingerprint density at radius 2 is 1.93 bits per heavy atom. The van der Waals surface area contributed by atoms with Crippen LogP contribution in [0.25, 0.3) is 16.8 Å². The first-order chi connectivity index (χ1) is 19.3.